The highest BCUT2D eigenvalue weighted by atomic mass is 16.7. The molecule has 0 amide bonds. The largest absolute Gasteiger partial charge is 0.480 e. The molecule has 0 fully saturated rings. The van der Waals surface area contributed by atoms with Gasteiger partial charge in [0, 0.05) is 64.8 Å². The van der Waals surface area contributed by atoms with E-state index in [1.165, 1.54) is 0 Å². The van der Waals surface area contributed by atoms with Crippen LogP contribution in [0.4, 0.5) is 0 Å². The fraction of sp³-hybridized carbons (Fsp3) is 0.955. The number of carboxylic acid groups (broad SMARTS) is 1. The van der Waals surface area contributed by atoms with E-state index in [0.717, 1.165) is 39.3 Å². The van der Waals surface area contributed by atoms with Crippen molar-refractivity contribution < 1.29 is 34.3 Å². The smallest absolute Gasteiger partial charge is 0.329 e. The number of carbonyl (C=O) groups is 1. The van der Waals surface area contributed by atoms with Crippen molar-refractivity contribution in [2.45, 2.75) is 51.8 Å². The zero-order chi connectivity index (χ0) is 25.8. The maximum Gasteiger partial charge on any atom is 0.329 e. The SMILES string of the molecule is CC(C)OC(CNCCNCCNCCNCCN)OC(COCC(=O)O)C(CO)C(C)(C)O. The molecule has 0 aliphatic rings. The summed E-state index contributed by atoms with van der Waals surface area (Å²) in [6, 6.07) is 0. The lowest BCUT2D eigenvalue weighted by molar-refractivity contribution is -0.223. The van der Waals surface area contributed by atoms with Crippen LogP contribution in [0.3, 0.4) is 0 Å². The first-order valence-electron chi connectivity index (χ1n) is 12.1. The van der Waals surface area contributed by atoms with Gasteiger partial charge in [0.25, 0.3) is 0 Å². The second-order valence-electron chi connectivity index (χ2n) is 8.88. The second kappa shape index (κ2) is 20.3. The quantitative estimate of drug-likeness (QED) is 0.0542. The van der Waals surface area contributed by atoms with Gasteiger partial charge in [0.15, 0.2) is 6.29 Å². The Morgan fingerprint density at radius 3 is 1.91 bits per heavy atom. The van der Waals surface area contributed by atoms with E-state index in [2.05, 4.69) is 21.3 Å². The third kappa shape index (κ3) is 18.4. The Kier molecular flexibility index (Phi) is 19.7. The Morgan fingerprint density at radius 2 is 1.47 bits per heavy atom. The minimum atomic E-state index is -1.26. The molecule has 12 nitrogen and oxygen atoms in total. The first-order chi connectivity index (χ1) is 16.1. The van der Waals surface area contributed by atoms with Crippen LogP contribution in [0.2, 0.25) is 0 Å². The van der Waals surface area contributed by atoms with Crippen molar-refractivity contribution in [3.05, 3.63) is 0 Å². The number of nitrogens with one attached hydrogen (secondary N) is 4. The predicted molar refractivity (Wildman–Crippen MR) is 131 cm³/mol. The van der Waals surface area contributed by atoms with Gasteiger partial charge in [0.05, 0.1) is 31.0 Å². The molecule has 12 heteroatoms. The third-order valence-electron chi connectivity index (χ3n) is 4.88. The highest BCUT2D eigenvalue weighted by Crippen LogP contribution is 2.24. The number of aliphatic carboxylic acids is 1. The maximum absolute atomic E-state index is 10.8. The van der Waals surface area contributed by atoms with E-state index < -0.39 is 36.5 Å². The standard InChI is InChI=1S/C22H49N5O7/c1-17(2)33-21(13-27-12-11-26-10-9-25-8-7-24-6-5-23)34-19(15-32-16-20(29)30)18(14-28)22(3,4)31/h17-19,21,24-28,31H,5-16,23H2,1-4H3,(H,29,30). The molecule has 0 rings (SSSR count). The van der Waals surface area contributed by atoms with E-state index in [1.807, 2.05) is 13.8 Å². The van der Waals surface area contributed by atoms with Crippen LogP contribution in [-0.2, 0) is 19.0 Å². The molecule has 0 saturated carbocycles. The average molecular weight is 496 g/mol. The molecule has 3 atom stereocenters. The molecule has 204 valence electrons. The van der Waals surface area contributed by atoms with Crippen molar-refractivity contribution in [2.75, 3.05) is 78.7 Å². The molecule has 3 unspecified atom stereocenters. The van der Waals surface area contributed by atoms with Gasteiger partial charge in [-0.3, -0.25) is 0 Å². The molecule has 0 saturated heterocycles. The Balaban J connectivity index is 4.49. The predicted octanol–water partition coefficient (Wildman–Crippen LogP) is -2.08. The second-order valence-corrected chi connectivity index (χ2v) is 8.88. The zero-order valence-electron chi connectivity index (χ0n) is 21.3. The van der Waals surface area contributed by atoms with Crippen molar-refractivity contribution in [1.29, 1.82) is 0 Å². The van der Waals surface area contributed by atoms with E-state index in [-0.39, 0.29) is 19.3 Å². The molecule has 0 radical (unpaired) electrons. The van der Waals surface area contributed by atoms with E-state index in [4.69, 9.17) is 25.1 Å². The summed E-state index contributed by atoms with van der Waals surface area (Å²) in [5.41, 5.74) is 4.16. The van der Waals surface area contributed by atoms with Crippen LogP contribution in [-0.4, -0.2) is 124 Å². The summed E-state index contributed by atoms with van der Waals surface area (Å²) in [5.74, 6) is -1.80. The Hall–Kier alpha value is -0.930. The van der Waals surface area contributed by atoms with Crippen LogP contribution in [0.5, 0.6) is 0 Å². The lowest BCUT2D eigenvalue weighted by atomic mass is 9.87. The average Bonchev–Trinajstić information content (AvgIpc) is 2.73. The first-order valence-corrected chi connectivity index (χ1v) is 12.1. The fourth-order valence-electron chi connectivity index (χ4n) is 3.16. The van der Waals surface area contributed by atoms with Gasteiger partial charge < -0.3 is 56.5 Å². The number of hydrogen-bond donors (Lipinski definition) is 8. The van der Waals surface area contributed by atoms with Gasteiger partial charge in [-0.1, -0.05) is 0 Å². The monoisotopic (exact) mass is 495 g/mol. The number of aliphatic hydroxyl groups is 2. The highest BCUT2D eigenvalue weighted by Gasteiger charge is 2.36. The normalized spacial score (nSPS) is 14.9. The number of rotatable bonds is 24. The summed E-state index contributed by atoms with van der Waals surface area (Å²) in [7, 11) is 0. The van der Waals surface area contributed by atoms with E-state index in [0.29, 0.717) is 19.6 Å². The number of nitrogens with two attached hydrogens (primary N) is 1. The van der Waals surface area contributed by atoms with Gasteiger partial charge in [-0.15, -0.1) is 0 Å². The summed E-state index contributed by atoms with van der Waals surface area (Å²) < 4.78 is 17.1. The summed E-state index contributed by atoms with van der Waals surface area (Å²) in [5, 5.41) is 42.3. The molecular weight excluding hydrogens is 446 g/mol. The van der Waals surface area contributed by atoms with Crippen molar-refractivity contribution in [3.8, 4) is 0 Å². The third-order valence-corrected chi connectivity index (χ3v) is 4.88. The van der Waals surface area contributed by atoms with Gasteiger partial charge >= 0.3 is 5.97 Å². The number of aliphatic hydroxyl groups excluding tert-OH is 1. The van der Waals surface area contributed by atoms with Crippen LogP contribution in [0.15, 0.2) is 0 Å². The molecule has 0 aliphatic carbocycles. The lowest BCUT2D eigenvalue weighted by Crippen LogP contribution is -2.48. The van der Waals surface area contributed by atoms with Crippen LogP contribution in [0, 0.1) is 5.92 Å². The number of hydrogen-bond acceptors (Lipinski definition) is 11. The summed E-state index contributed by atoms with van der Waals surface area (Å²) in [4.78, 5) is 10.8. The molecule has 0 aromatic heterocycles. The molecular formula is C22H49N5O7. The minimum absolute atomic E-state index is 0.101. The fourth-order valence-corrected chi connectivity index (χ4v) is 3.16. The van der Waals surface area contributed by atoms with Crippen LogP contribution < -0.4 is 27.0 Å². The van der Waals surface area contributed by atoms with Crippen LogP contribution in [0.25, 0.3) is 0 Å². The van der Waals surface area contributed by atoms with Gasteiger partial charge in [-0.05, 0) is 27.7 Å². The highest BCUT2D eigenvalue weighted by molar-refractivity contribution is 5.67. The molecule has 0 aromatic rings. The van der Waals surface area contributed by atoms with Crippen molar-refractivity contribution in [2.24, 2.45) is 11.7 Å². The Morgan fingerprint density at radius 1 is 0.941 bits per heavy atom. The Labute approximate surface area is 204 Å². The van der Waals surface area contributed by atoms with Crippen molar-refractivity contribution in [1.82, 2.24) is 21.3 Å². The lowest BCUT2D eigenvalue weighted by Gasteiger charge is -2.36. The van der Waals surface area contributed by atoms with Gasteiger partial charge in [0.1, 0.15) is 6.61 Å². The van der Waals surface area contributed by atoms with Crippen molar-refractivity contribution >= 4 is 5.97 Å². The molecule has 0 aliphatic heterocycles. The molecule has 0 bridgehead atoms. The maximum atomic E-state index is 10.8. The minimum Gasteiger partial charge on any atom is -0.480 e. The van der Waals surface area contributed by atoms with Gasteiger partial charge in [-0.2, -0.15) is 0 Å². The van der Waals surface area contributed by atoms with Crippen molar-refractivity contribution in [3.63, 3.8) is 0 Å². The van der Waals surface area contributed by atoms with E-state index in [9.17, 15) is 15.0 Å². The van der Waals surface area contributed by atoms with Crippen LogP contribution in [0.1, 0.15) is 27.7 Å². The summed E-state index contributed by atoms with van der Waals surface area (Å²) in [6.07, 6.45) is -1.55. The van der Waals surface area contributed by atoms with E-state index >= 15 is 0 Å². The van der Waals surface area contributed by atoms with Crippen LogP contribution >= 0.6 is 0 Å². The molecule has 0 aromatic carbocycles. The van der Waals surface area contributed by atoms with Gasteiger partial charge in [-0.25, -0.2) is 4.79 Å². The number of ether oxygens (including phenoxy) is 3. The molecule has 0 heterocycles. The van der Waals surface area contributed by atoms with E-state index in [1.54, 1.807) is 13.8 Å². The molecule has 0 spiro atoms. The summed E-state index contributed by atoms with van der Waals surface area (Å²) >= 11 is 0. The number of carboxylic acids is 1. The molecule has 9 N–H and O–H groups in total. The zero-order valence-corrected chi connectivity index (χ0v) is 21.3. The van der Waals surface area contributed by atoms with Gasteiger partial charge in [0.2, 0.25) is 0 Å². The molecule has 34 heavy (non-hydrogen) atoms. The first kappa shape index (κ1) is 33.1. The Bertz CT molecular complexity index is 495. The topological polar surface area (TPSA) is 180 Å². The summed E-state index contributed by atoms with van der Waals surface area (Å²) in [6.45, 7) is 12.7.